The Kier molecular flexibility index (Phi) is 5.36. The maximum absolute atomic E-state index is 12.2. The molecular formula is C14H19ClN4O4S. The molecule has 0 bridgehead atoms. The maximum Gasteiger partial charge on any atom is 0.281 e. The minimum atomic E-state index is -3.65. The van der Waals surface area contributed by atoms with E-state index in [2.05, 4.69) is 4.99 Å². The number of benzene rings is 1. The summed E-state index contributed by atoms with van der Waals surface area (Å²) in [7, 11) is -3.65. The van der Waals surface area contributed by atoms with Gasteiger partial charge in [-0.2, -0.15) is 4.99 Å². The van der Waals surface area contributed by atoms with Gasteiger partial charge in [-0.05, 0) is 25.0 Å². The van der Waals surface area contributed by atoms with Crippen LogP contribution >= 0.6 is 11.6 Å². The first-order valence-corrected chi connectivity index (χ1v) is 9.47. The summed E-state index contributed by atoms with van der Waals surface area (Å²) in [5.74, 6) is -1.27. The first-order valence-electron chi connectivity index (χ1n) is 7.20. The molecule has 1 aromatic carbocycles. The van der Waals surface area contributed by atoms with E-state index in [0.29, 0.717) is 25.2 Å². The van der Waals surface area contributed by atoms with E-state index in [4.69, 9.17) is 23.1 Å². The topological polar surface area (TPSA) is 139 Å². The number of guanidine groups is 1. The minimum absolute atomic E-state index is 0.0347. The third-order valence-electron chi connectivity index (χ3n) is 3.65. The summed E-state index contributed by atoms with van der Waals surface area (Å²) >= 11 is 6.13. The predicted octanol–water partition coefficient (Wildman–Crippen LogP) is 0.118. The molecule has 1 fully saturated rings. The summed E-state index contributed by atoms with van der Waals surface area (Å²) in [5, 5.41) is 9.86. The van der Waals surface area contributed by atoms with Crippen LogP contribution in [0.4, 0.5) is 5.69 Å². The zero-order chi connectivity index (χ0) is 18.1. The Morgan fingerprint density at radius 3 is 2.62 bits per heavy atom. The monoisotopic (exact) mass is 374 g/mol. The molecule has 0 saturated carbocycles. The number of piperidine rings is 1. The van der Waals surface area contributed by atoms with Gasteiger partial charge < -0.3 is 21.5 Å². The highest BCUT2D eigenvalue weighted by atomic mass is 35.5. The lowest BCUT2D eigenvalue weighted by atomic mass is 10.1. The third kappa shape index (κ3) is 4.16. The molecule has 24 heavy (non-hydrogen) atoms. The van der Waals surface area contributed by atoms with Gasteiger partial charge in [-0.3, -0.25) is 4.79 Å². The second-order valence-electron chi connectivity index (χ2n) is 5.66. The molecule has 1 atom stereocenters. The molecule has 10 heteroatoms. The van der Waals surface area contributed by atoms with Crippen molar-refractivity contribution in [3.63, 3.8) is 0 Å². The number of amides is 1. The number of hydrogen-bond donors (Lipinski definition) is 3. The van der Waals surface area contributed by atoms with Crippen molar-refractivity contribution in [3.05, 3.63) is 22.7 Å². The molecule has 0 aromatic heterocycles. The van der Waals surface area contributed by atoms with Gasteiger partial charge in [0.2, 0.25) is 0 Å². The third-order valence-corrected chi connectivity index (χ3v) is 5.08. The quantitative estimate of drug-likeness (QED) is 0.504. The number of aliphatic imine (C=N–C) groups is 1. The average Bonchev–Trinajstić information content (AvgIpc) is 2.44. The van der Waals surface area contributed by atoms with E-state index < -0.39 is 27.8 Å². The summed E-state index contributed by atoms with van der Waals surface area (Å²) in [6, 6.07) is 2.56. The molecule has 1 heterocycles. The van der Waals surface area contributed by atoms with Gasteiger partial charge in [0.05, 0.1) is 27.3 Å². The molecular weight excluding hydrogens is 356 g/mol. The molecule has 1 saturated heterocycles. The van der Waals surface area contributed by atoms with Gasteiger partial charge in [0, 0.05) is 19.3 Å². The lowest BCUT2D eigenvalue weighted by Gasteiger charge is -2.33. The lowest BCUT2D eigenvalue weighted by Crippen LogP contribution is -2.39. The van der Waals surface area contributed by atoms with E-state index >= 15 is 0 Å². The Hall–Kier alpha value is -1.84. The number of carbonyl (C=O) groups is 1. The minimum Gasteiger partial charge on any atom is -0.391 e. The van der Waals surface area contributed by atoms with Gasteiger partial charge in [-0.15, -0.1) is 0 Å². The fourth-order valence-electron chi connectivity index (χ4n) is 2.60. The van der Waals surface area contributed by atoms with Crippen LogP contribution < -0.4 is 16.4 Å². The van der Waals surface area contributed by atoms with Crippen LogP contribution in [0.2, 0.25) is 5.02 Å². The largest absolute Gasteiger partial charge is 0.391 e. The van der Waals surface area contributed by atoms with Crippen molar-refractivity contribution >= 4 is 39.0 Å². The number of rotatable bonds is 3. The van der Waals surface area contributed by atoms with Crippen molar-refractivity contribution in [2.45, 2.75) is 23.8 Å². The number of β-amino-alcohol motifs (C(OH)–C–C–N with tert-alkyl or cyclic N) is 1. The second-order valence-corrected chi connectivity index (χ2v) is 8.05. The van der Waals surface area contributed by atoms with Gasteiger partial charge in [0.25, 0.3) is 5.91 Å². The van der Waals surface area contributed by atoms with Crippen molar-refractivity contribution in [3.8, 4) is 0 Å². The van der Waals surface area contributed by atoms with E-state index in [9.17, 15) is 18.3 Å². The number of nitrogens with two attached hydrogens (primary N) is 2. The molecule has 1 aliphatic heterocycles. The lowest BCUT2D eigenvalue weighted by molar-refractivity contribution is 0.100. The van der Waals surface area contributed by atoms with Crippen LogP contribution in [0.3, 0.4) is 0 Å². The van der Waals surface area contributed by atoms with Crippen LogP contribution in [-0.2, 0) is 9.84 Å². The Balaban J connectivity index is 2.58. The Morgan fingerprint density at radius 1 is 1.42 bits per heavy atom. The second kappa shape index (κ2) is 6.96. The highest BCUT2D eigenvalue weighted by Crippen LogP contribution is 2.33. The Morgan fingerprint density at radius 2 is 2.08 bits per heavy atom. The zero-order valence-corrected chi connectivity index (χ0v) is 14.6. The number of halogens is 1. The van der Waals surface area contributed by atoms with Crippen molar-refractivity contribution in [1.29, 1.82) is 0 Å². The van der Waals surface area contributed by atoms with E-state index in [0.717, 1.165) is 12.7 Å². The van der Waals surface area contributed by atoms with Crippen LogP contribution in [0, 0.1) is 0 Å². The average molecular weight is 375 g/mol. The first kappa shape index (κ1) is 18.5. The number of nitrogens with zero attached hydrogens (tertiary/aromatic N) is 2. The summed E-state index contributed by atoms with van der Waals surface area (Å²) < 4.78 is 24.3. The SMILES string of the molecule is CS(=O)(=O)c1cc(C(=O)N=C(N)N)c(Cl)cc1N1CCCC(O)C1. The normalized spacial score (nSPS) is 18.3. The van der Waals surface area contributed by atoms with Crippen LogP contribution in [0.15, 0.2) is 22.0 Å². The number of aliphatic hydroxyl groups excluding tert-OH is 1. The number of anilines is 1. The number of hydrogen-bond acceptors (Lipinski definition) is 5. The first-order chi connectivity index (χ1) is 11.1. The van der Waals surface area contributed by atoms with E-state index in [-0.39, 0.29) is 15.5 Å². The zero-order valence-electron chi connectivity index (χ0n) is 13.1. The van der Waals surface area contributed by atoms with E-state index in [1.807, 2.05) is 0 Å². The van der Waals surface area contributed by atoms with Gasteiger partial charge in [0.15, 0.2) is 15.8 Å². The summed E-state index contributed by atoms with van der Waals surface area (Å²) in [4.78, 5) is 17.1. The highest BCUT2D eigenvalue weighted by Gasteiger charge is 2.26. The molecule has 5 N–H and O–H groups in total. The molecule has 0 radical (unpaired) electrons. The van der Waals surface area contributed by atoms with Crippen LogP contribution in [0.25, 0.3) is 0 Å². The number of sulfone groups is 1. The summed E-state index contributed by atoms with van der Waals surface area (Å²) in [6.07, 6.45) is 1.86. The fraction of sp³-hybridized carbons (Fsp3) is 0.429. The number of carbonyl (C=O) groups excluding carboxylic acids is 1. The molecule has 1 unspecified atom stereocenters. The molecule has 0 aliphatic carbocycles. The van der Waals surface area contributed by atoms with Gasteiger partial charge in [-0.1, -0.05) is 11.6 Å². The number of aliphatic hydroxyl groups is 1. The molecule has 8 nitrogen and oxygen atoms in total. The molecule has 2 rings (SSSR count). The molecule has 132 valence electrons. The molecule has 1 aliphatic rings. The van der Waals surface area contributed by atoms with E-state index in [1.165, 1.54) is 12.1 Å². The van der Waals surface area contributed by atoms with Crippen LogP contribution in [0.5, 0.6) is 0 Å². The smallest absolute Gasteiger partial charge is 0.281 e. The van der Waals surface area contributed by atoms with Gasteiger partial charge in [0.1, 0.15) is 0 Å². The Bertz CT molecular complexity index is 790. The fourth-order valence-corrected chi connectivity index (χ4v) is 3.74. The molecule has 1 aromatic rings. The molecule has 0 spiro atoms. The van der Waals surface area contributed by atoms with Gasteiger partial charge in [-0.25, -0.2) is 8.42 Å². The van der Waals surface area contributed by atoms with Crippen molar-refractivity contribution in [1.82, 2.24) is 0 Å². The van der Waals surface area contributed by atoms with E-state index in [1.54, 1.807) is 4.90 Å². The summed E-state index contributed by atoms with van der Waals surface area (Å²) in [6.45, 7) is 0.872. The van der Waals surface area contributed by atoms with Crippen molar-refractivity contribution < 1.29 is 18.3 Å². The van der Waals surface area contributed by atoms with Crippen LogP contribution in [0.1, 0.15) is 23.2 Å². The van der Waals surface area contributed by atoms with Crippen LogP contribution in [-0.4, -0.2) is 50.8 Å². The predicted molar refractivity (Wildman–Crippen MR) is 92.2 cm³/mol. The maximum atomic E-state index is 12.2. The summed E-state index contributed by atoms with van der Waals surface area (Å²) in [5.41, 5.74) is 10.6. The Labute approximate surface area is 145 Å². The standard InChI is InChI=1S/C14H19ClN4O4S/c1-24(22,23)12-5-9(13(21)18-14(16)17)10(15)6-11(12)19-4-2-3-8(20)7-19/h5-6,8,20H,2-4,7H2,1H3,(H4,16,17,18,21). The van der Waals surface area contributed by atoms with Gasteiger partial charge >= 0.3 is 0 Å². The van der Waals surface area contributed by atoms with Crippen molar-refractivity contribution in [2.75, 3.05) is 24.2 Å². The highest BCUT2D eigenvalue weighted by molar-refractivity contribution is 7.90. The van der Waals surface area contributed by atoms with Crippen molar-refractivity contribution in [2.24, 2.45) is 16.5 Å². The molecule has 1 amide bonds.